The van der Waals surface area contributed by atoms with Crippen molar-refractivity contribution in [2.75, 3.05) is 7.05 Å². The van der Waals surface area contributed by atoms with Crippen LogP contribution < -0.4 is 0 Å². The Morgan fingerprint density at radius 3 is 2.32 bits per heavy atom. The van der Waals surface area contributed by atoms with Crippen LogP contribution in [0.25, 0.3) is 0 Å². The lowest BCUT2D eigenvalue weighted by molar-refractivity contribution is -0.151. The Balaban J connectivity index is 1.78. The summed E-state index contributed by atoms with van der Waals surface area (Å²) in [5.41, 5.74) is 0. The van der Waals surface area contributed by atoms with Gasteiger partial charge in [0.2, 0.25) is 5.91 Å². The fourth-order valence-electron chi connectivity index (χ4n) is 3.83. The molecule has 19 heavy (non-hydrogen) atoms. The molecule has 5 atom stereocenters. The minimum absolute atomic E-state index is 0.0312. The lowest BCUT2D eigenvalue weighted by Gasteiger charge is -2.32. The summed E-state index contributed by atoms with van der Waals surface area (Å²) in [4.78, 5) is 25.9. The highest BCUT2D eigenvalue weighted by atomic mass is 16.4. The maximum atomic E-state index is 12.7. The van der Waals surface area contributed by atoms with Gasteiger partial charge in [-0.2, -0.15) is 0 Å². The molecule has 3 aliphatic rings. The average molecular weight is 263 g/mol. The van der Waals surface area contributed by atoms with Gasteiger partial charge in [0.25, 0.3) is 0 Å². The maximum absolute atomic E-state index is 12.7. The van der Waals surface area contributed by atoms with Gasteiger partial charge in [0.15, 0.2) is 0 Å². The number of hydrogen-bond acceptors (Lipinski definition) is 2. The SMILES string of the molecule is CC(C1CC1)N(C)C(=O)[C@H]1C2C=CC(C2)[C@H]1C(=O)O. The molecule has 0 aromatic rings. The van der Waals surface area contributed by atoms with E-state index in [0.717, 1.165) is 6.42 Å². The molecule has 0 radical (unpaired) electrons. The van der Waals surface area contributed by atoms with Crippen LogP contribution in [-0.2, 0) is 9.59 Å². The van der Waals surface area contributed by atoms with E-state index in [2.05, 4.69) is 6.92 Å². The van der Waals surface area contributed by atoms with Crippen LogP contribution in [0.5, 0.6) is 0 Å². The highest BCUT2D eigenvalue weighted by Crippen LogP contribution is 2.49. The van der Waals surface area contributed by atoms with Gasteiger partial charge >= 0.3 is 5.97 Å². The number of hydrogen-bond donors (Lipinski definition) is 1. The van der Waals surface area contributed by atoms with Crippen LogP contribution in [0.2, 0.25) is 0 Å². The zero-order valence-electron chi connectivity index (χ0n) is 11.5. The number of carbonyl (C=O) groups is 2. The molecule has 3 unspecified atom stereocenters. The van der Waals surface area contributed by atoms with E-state index in [1.54, 1.807) is 4.90 Å². The van der Waals surface area contributed by atoms with Crippen LogP contribution in [0.4, 0.5) is 0 Å². The Hall–Kier alpha value is -1.32. The number of nitrogens with zero attached hydrogens (tertiary/aromatic N) is 1. The second-order valence-corrected chi connectivity index (χ2v) is 6.37. The van der Waals surface area contributed by atoms with E-state index in [4.69, 9.17) is 0 Å². The molecule has 0 spiro atoms. The van der Waals surface area contributed by atoms with Crippen LogP contribution in [0.15, 0.2) is 12.2 Å². The van der Waals surface area contributed by atoms with E-state index in [9.17, 15) is 14.7 Å². The molecule has 4 nitrogen and oxygen atoms in total. The van der Waals surface area contributed by atoms with Gasteiger partial charge in [-0.1, -0.05) is 12.2 Å². The first-order valence-electron chi connectivity index (χ1n) is 7.18. The van der Waals surface area contributed by atoms with Crippen molar-refractivity contribution in [3.8, 4) is 0 Å². The number of fused-ring (bicyclic) bond motifs is 2. The Kier molecular flexibility index (Phi) is 2.91. The molecule has 3 rings (SSSR count). The van der Waals surface area contributed by atoms with Crippen molar-refractivity contribution in [2.24, 2.45) is 29.6 Å². The van der Waals surface area contributed by atoms with Crippen molar-refractivity contribution < 1.29 is 14.7 Å². The smallest absolute Gasteiger partial charge is 0.307 e. The minimum Gasteiger partial charge on any atom is -0.481 e. The third-order valence-corrected chi connectivity index (χ3v) is 5.29. The first-order valence-corrected chi connectivity index (χ1v) is 7.18. The molecule has 0 heterocycles. The zero-order chi connectivity index (χ0) is 13.7. The van der Waals surface area contributed by atoms with E-state index in [1.165, 1.54) is 12.8 Å². The lowest BCUT2D eigenvalue weighted by atomic mass is 9.82. The number of carboxylic acid groups (broad SMARTS) is 1. The first-order chi connectivity index (χ1) is 9.00. The fraction of sp³-hybridized carbons (Fsp3) is 0.733. The second-order valence-electron chi connectivity index (χ2n) is 6.37. The van der Waals surface area contributed by atoms with Crippen molar-refractivity contribution >= 4 is 11.9 Å². The predicted molar refractivity (Wildman–Crippen MR) is 70.3 cm³/mol. The molecule has 4 heteroatoms. The quantitative estimate of drug-likeness (QED) is 0.786. The average Bonchev–Trinajstić information content (AvgIpc) is 3.04. The molecule has 0 saturated heterocycles. The summed E-state index contributed by atoms with van der Waals surface area (Å²) in [5.74, 6) is -0.846. The molecule has 1 amide bonds. The van der Waals surface area contributed by atoms with E-state index >= 15 is 0 Å². The van der Waals surface area contributed by atoms with E-state index < -0.39 is 11.9 Å². The molecule has 0 aromatic heterocycles. The second kappa shape index (κ2) is 4.36. The molecule has 0 aromatic carbocycles. The van der Waals surface area contributed by atoms with E-state index in [0.29, 0.717) is 5.92 Å². The summed E-state index contributed by atoms with van der Waals surface area (Å²) in [5, 5.41) is 9.39. The van der Waals surface area contributed by atoms with Gasteiger partial charge in [-0.3, -0.25) is 9.59 Å². The Morgan fingerprint density at radius 2 is 1.79 bits per heavy atom. The lowest BCUT2D eigenvalue weighted by Crippen LogP contribution is -2.45. The first kappa shape index (κ1) is 12.7. The highest BCUT2D eigenvalue weighted by Gasteiger charge is 2.53. The zero-order valence-corrected chi connectivity index (χ0v) is 11.5. The van der Waals surface area contributed by atoms with Gasteiger partial charge in [0, 0.05) is 13.1 Å². The van der Waals surface area contributed by atoms with Crippen LogP contribution in [0.3, 0.4) is 0 Å². The van der Waals surface area contributed by atoms with E-state index in [1.807, 2.05) is 19.2 Å². The molecule has 2 saturated carbocycles. The summed E-state index contributed by atoms with van der Waals surface area (Å²) < 4.78 is 0. The highest BCUT2D eigenvalue weighted by molar-refractivity contribution is 5.87. The number of allylic oxidation sites excluding steroid dienone is 2. The summed E-state index contributed by atoms with van der Waals surface area (Å²) in [7, 11) is 1.83. The van der Waals surface area contributed by atoms with Gasteiger partial charge < -0.3 is 10.0 Å². The normalized spacial score (nSPS) is 37.4. The Bertz CT molecular complexity index is 441. The summed E-state index contributed by atoms with van der Waals surface area (Å²) in [6, 6.07) is 0.241. The minimum atomic E-state index is -0.817. The van der Waals surface area contributed by atoms with E-state index in [-0.39, 0.29) is 29.7 Å². The van der Waals surface area contributed by atoms with Gasteiger partial charge in [-0.25, -0.2) is 0 Å². The molecule has 2 bridgehead atoms. The molecule has 1 N–H and O–H groups in total. The largest absolute Gasteiger partial charge is 0.481 e. The molecular weight excluding hydrogens is 242 g/mol. The third-order valence-electron chi connectivity index (χ3n) is 5.29. The van der Waals surface area contributed by atoms with Crippen molar-refractivity contribution in [3.63, 3.8) is 0 Å². The fourth-order valence-corrected chi connectivity index (χ4v) is 3.83. The number of aliphatic carboxylic acids is 1. The third kappa shape index (κ3) is 1.97. The molecule has 0 aliphatic heterocycles. The molecular formula is C15H21NO3. The van der Waals surface area contributed by atoms with Crippen molar-refractivity contribution in [1.29, 1.82) is 0 Å². The Labute approximate surface area is 113 Å². The van der Waals surface area contributed by atoms with Crippen molar-refractivity contribution in [3.05, 3.63) is 12.2 Å². The van der Waals surface area contributed by atoms with Gasteiger partial charge in [0.1, 0.15) is 0 Å². The van der Waals surface area contributed by atoms with Gasteiger partial charge in [-0.05, 0) is 43.9 Å². The monoisotopic (exact) mass is 263 g/mol. The summed E-state index contributed by atoms with van der Waals surface area (Å²) >= 11 is 0. The van der Waals surface area contributed by atoms with Crippen LogP contribution in [0.1, 0.15) is 26.2 Å². The number of carbonyl (C=O) groups excluding carboxylic acids is 1. The Morgan fingerprint density at radius 1 is 1.21 bits per heavy atom. The molecule has 104 valence electrons. The maximum Gasteiger partial charge on any atom is 0.307 e. The van der Waals surface area contributed by atoms with Gasteiger partial charge in [0.05, 0.1) is 11.8 Å². The standard InChI is InChI=1S/C15H21NO3/c1-8(9-3-4-9)16(2)14(17)12-10-5-6-11(7-10)13(12)15(18)19/h5-6,8-13H,3-4,7H2,1-2H3,(H,18,19)/t8?,10?,11?,12-,13+/m0/s1. The van der Waals surface area contributed by atoms with Crippen molar-refractivity contribution in [2.45, 2.75) is 32.2 Å². The van der Waals surface area contributed by atoms with Crippen LogP contribution in [-0.4, -0.2) is 35.0 Å². The van der Waals surface area contributed by atoms with Crippen LogP contribution in [0, 0.1) is 29.6 Å². The molecule has 2 fully saturated rings. The summed E-state index contributed by atoms with van der Waals surface area (Å²) in [6.45, 7) is 2.08. The number of rotatable bonds is 4. The van der Waals surface area contributed by atoms with Crippen molar-refractivity contribution in [1.82, 2.24) is 4.90 Å². The van der Waals surface area contributed by atoms with Gasteiger partial charge in [-0.15, -0.1) is 0 Å². The van der Waals surface area contributed by atoms with Crippen LogP contribution >= 0.6 is 0 Å². The number of amides is 1. The summed E-state index contributed by atoms with van der Waals surface area (Å²) in [6.07, 6.45) is 7.24. The molecule has 3 aliphatic carbocycles. The predicted octanol–water partition coefficient (Wildman–Crippen LogP) is 1.77. The topological polar surface area (TPSA) is 57.6 Å². The number of carboxylic acids is 1.